The van der Waals surface area contributed by atoms with Crippen molar-refractivity contribution in [3.8, 4) is 0 Å². The Morgan fingerprint density at radius 2 is 0.754 bits per heavy atom. The molecule has 0 saturated heterocycles. The van der Waals surface area contributed by atoms with E-state index < -0.39 is 12.1 Å². The molecule has 2 N–H and O–H groups in total. The van der Waals surface area contributed by atoms with E-state index in [4.69, 9.17) is 0 Å². The molecular formula is C50H56FeN8O2. The van der Waals surface area contributed by atoms with Crippen molar-refractivity contribution in [1.29, 1.82) is 0 Å². The van der Waals surface area contributed by atoms with Crippen LogP contribution < -0.4 is 10.6 Å². The van der Waals surface area contributed by atoms with Crippen LogP contribution in [0.25, 0.3) is 10.6 Å². The van der Waals surface area contributed by atoms with Gasteiger partial charge < -0.3 is 21.3 Å². The van der Waals surface area contributed by atoms with Gasteiger partial charge in [0, 0.05) is 58.9 Å². The zero-order valence-corrected chi connectivity index (χ0v) is 37.3. The molecular weight excluding hydrogens is 800 g/mol. The molecule has 0 bridgehead atoms. The molecule has 2 atom stereocenters. The maximum atomic E-state index is 13.4. The molecule has 0 spiro atoms. The zero-order valence-electron chi connectivity index (χ0n) is 36.2. The van der Waals surface area contributed by atoms with E-state index in [1.807, 2.05) is 72.8 Å². The maximum absolute atomic E-state index is 13.4. The van der Waals surface area contributed by atoms with Crippen molar-refractivity contribution in [1.82, 2.24) is 19.9 Å². The number of benzene rings is 2. The van der Waals surface area contributed by atoms with Crippen molar-refractivity contribution >= 4 is 23.2 Å². The topological polar surface area (TPSA) is 138 Å². The Kier molecular flexibility index (Phi) is 18.9. The van der Waals surface area contributed by atoms with Crippen LogP contribution >= 0.6 is 0 Å². The summed E-state index contributed by atoms with van der Waals surface area (Å²) in [5.74, 6) is 0.703. The summed E-state index contributed by atoms with van der Waals surface area (Å²) in [5, 5.41) is 15.4. The van der Waals surface area contributed by atoms with Crippen LogP contribution in [0.3, 0.4) is 0 Å². The molecule has 0 aliphatic carbocycles. The van der Waals surface area contributed by atoms with Gasteiger partial charge in [-0.2, -0.15) is 0 Å². The van der Waals surface area contributed by atoms with Crippen molar-refractivity contribution in [2.24, 2.45) is 0 Å². The van der Waals surface area contributed by atoms with Crippen molar-refractivity contribution in [3.63, 3.8) is 0 Å². The number of anilines is 2. The zero-order chi connectivity index (χ0) is 43.0. The Balaban J connectivity index is 0.000000264. The van der Waals surface area contributed by atoms with Crippen LogP contribution in [0.4, 0.5) is 11.4 Å². The fourth-order valence-electron chi connectivity index (χ4n) is 6.61. The molecule has 0 saturated carbocycles. The average Bonchev–Trinajstić information content (AvgIpc) is 3.25. The SMILES string of the molecule is CC(C)c1cccc(C(C)C)c1NC(=O)C([N-][CH]c1ccccn1)c1ccccn1.CC(C)c1cccc(C(C)C)c1NC(=O)C([N-][CH]c1ccccn1)c1ccccn1.[Fe+2]. The van der Waals surface area contributed by atoms with Gasteiger partial charge >= 0.3 is 17.1 Å². The van der Waals surface area contributed by atoms with Crippen molar-refractivity contribution < 1.29 is 26.7 Å². The standard InChI is InChI=1S/2C25H28N4O.Fe/c2*1-17(2)20-11-9-12-21(18(3)4)23(20)29-25(30)24(22-13-6-8-15-27-22)28-16-19-10-5-7-14-26-19;/h2*5-18,24H,1-4H3,(H,29,30);/q2*-1;+2. The summed E-state index contributed by atoms with van der Waals surface area (Å²) in [5.41, 5.74) is 8.78. The van der Waals surface area contributed by atoms with Crippen molar-refractivity contribution in [2.45, 2.75) is 91.1 Å². The molecule has 2 unspecified atom stereocenters. The van der Waals surface area contributed by atoms with E-state index in [1.165, 1.54) is 0 Å². The van der Waals surface area contributed by atoms with Crippen LogP contribution in [-0.4, -0.2) is 31.8 Å². The fraction of sp³-hybridized carbons (Fsp3) is 0.280. The summed E-state index contributed by atoms with van der Waals surface area (Å²) in [6.07, 6.45) is 6.75. The van der Waals surface area contributed by atoms with Gasteiger partial charge in [0.1, 0.15) is 0 Å². The van der Waals surface area contributed by atoms with Gasteiger partial charge in [-0.05, 0) is 107 Å². The number of hydrogen-bond acceptors (Lipinski definition) is 6. The summed E-state index contributed by atoms with van der Waals surface area (Å²) >= 11 is 0. The summed E-state index contributed by atoms with van der Waals surface area (Å²) < 4.78 is 0. The van der Waals surface area contributed by atoms with Crippen LogP contribution in [0.2, 0.25) is 0 Å². The molecule has 0 aliphatic heterocycles. The van der Waals surface area contributed by atoms with E-state index in [2.05, 4.69) is 133 Å². The molecule has 11 heteroatoms. The third-order valence-corrected chi connectivity index (χ3v) is 9.76. The van der Waals surface area contributed by atoms with Gasteiger partial charge in [0.2, 0.25) is 11.8 Å². The second kappa shape index (κ2) is 24.0. The number of hydrogen-bond donors (Lipinski definition) is 2. The molecule has 6 aromatic rings. The third-order valence-electron chi connectivity index (χ3n) is 9.76. The fourth-order valence-corrected chi connectivity index (χ4v) is 6.61. The van der Waals surface area contributed by atoms with E-state index in [-0.39, 0.29) is 52.6 Å². The predicted octanol–water partition coefficient (Wildman–Crippen LogP) is 12.0. The molecule has 2 aromatic carbocycles. The van der Waals surface area contributed by atoms with Crippen LogP contribution in [0.5, 0.6) is 0 Å². The molecule has 4 aromatic heterocycles. The third kappa shape index (κ3) is 13.7. The van der Waals surface area contributed by atoms with Crippen LogP contribution in [0, 0.1) is 13.1 Å². The minimum absolute atomic E-state index is 0. The van der Waals surface area contributed by atoms with Gasteiger partial charge in [0.15, 0.2) is 0 Å². The minimum atomic E-state index is -0.770. The van der Waals surface area contributed by atoms with Crippen molar-refractivity contribution in [3.05, 3.63) is 203 Å². The molecule has 61 heavy (non-hydrogen) atoms. The maximum Gasteiger partial charge on any atom is 2.00 e. The van der Waals surface area contributed by atoms with E-state index in [1.54, 1.807) is 37.9 Å². The number of carbonyl (C=O) groups is 2. The number of pyridine rings is 4. The van der Waals surface area contributed by atoms with E-state index >= 15 is 0 Å². The smallest absolute Gasteiger partial charge is 0.640 e. The molecule has 6 rings (SSSR count). The van der Waals surface area contributed by atoms with Crippen molar-refractivity contribution in [2.75, 3.05) is 10.6 Å². The summed E-state index contributed by atoms with van der Waals surface area (Å²) in [6.45, 7) is 20.3. The quantitative estimate of drug-likeness (QED) is 0.0930. The second-order valence-corrected chi connectivity index (χ2v) is 15.6. The number of nitrogens with zero attached hydrogens (tertiary/aromatic N) is 6. The number of nitrogens with one attached hydrogen (secondary N) is 2. The molecule has 4 heterocycles. The molecule has 10 nitrogen and oxygen atoms in total. The first-order valence-electron chi connectivity index (χ1n) is 20.5. The largest absolute Gasteiger partial charge is 2.00 e. The first kappa shape index (κ1) is 48.1. The number of aromatic nitrogens is 4. The number of carbonyl (C=O) groups excluding carboxylic acids is 2. The normalized spacial score (nSPS) is 12.0. The van der Waals surface area contributed by atoms with Gasteiger partial charge in [-0.3, -0.25) is 29.5 Å². The Hall–Kier alpha value is -5.58. The number of para-hydroxylation sites is 2. The molecule has 2 amide bonds. The van der Waals surface area contributed by atoms with E-state index in [9.17, 15) is 9.59 Å². The van der Waals surface area contributed by atoms with Gasteiger partial charge in [-0.25, -0.2) is 0 Å². The minimum Gasteiger partial charge on any atom is -0.640 e. The molecule has 0 aliphatic rings. The van der Waals surface area contributed by atoms with Gasteiger partial charge in [-0.1, -0.05) is 116 Å². The van der Waals surface area contributed by atoms with Gasteiger partial charge in [-0.15, -0.1) is 13.1 Å². The van der Waals surface area contributed by atoms with E-state index in [0.29, 0.717) is 22.8 Å². The average molecular weight is 857 g/mol. The first-order valence-corrected chi connectivity index (χ1v) is 20.5. The Bertz CT molecular complexity index is 2030. The molecule has 0 fully saturated rings. The monoisotopic (exact) mass is 856 g/mol. The molecule has 316 valence electrons. The van der Waals surface area contributed by atoms with Gasteiger partial charge in [0.05, 0.1) is 0 Å². The number of rotatable bonds is 16. The van der Waals surface area contributed by atoms with E-state index in [0.717, 1.165) is 33.6 Å². The van der Waals surface area contributed by atoms with Crippen LogP contribution in [0.1, 0.15) is 136 Å². The second-order valence-electron chi connectivity index (χ2n) is 15.6. The first-order chi connectivity index (χ1) is 28.9. The Morgan fingerprint density at radius 1 is 0.443 bits per heavy atom. The Labute approximate surface area is 372 Å². The number of amides is 2. The van der Waals surface area contributed by atoms with Crippen LogP contribution in [0.15, 0.2) is 134 Å². The summed E-state index contributed by atoms with van der Waals surface area (Å²) in [7, 11) is 0. The summed E-state index contributed by atoms with van der Waals surface area (Å²) in [4.78, 5) is 44.1. The Morgan fingerprint density at radius 3 is 1.02 bits per heavy atom. The molecule has 2 radical (unpaired) electrons. The predicted molar refractivity (Wildman–Crippen MR) is 242 cm³/mol. The van der Waals surface area contributed by atoms with Crippen LogP contribution in [-0.2, 0) is 26.7 Å². The summed E-state index contributed by atoms with van der Waals surface area (Å²) in [6, 6.07) is 33.0. The van der Waals surface area contributed by atoms with Gasteiger partial charge in [0.25, 0.3) is 0 Å².